The van der Waals surface area contributed by atoms with Crippen LogP contribution in [0.1, 0.15) is 34.7 Å². The van der Waals surface area contributed by atoms with Crippen molar-refractivity contribution >= 4 is 28.4 Å². The molecule has 1 aromatic heterocycles. The summed E-state index contributed by atoms with van der Waals surface area (Å²) in [6.45, 7) is 0.723. The Kier molecular flexibility index (Phi) is 5.06. The van der Waals surface area contributed by atoms with Gasteiger partial charge in [0.1, 0.15) is 0 Å². The third-order valence-corrected chi connectivity index (χ3v) is 6.29. The van der Waals surface area contributed by atoms with Crippen molar-refractivity contribution in [2.24, 2.45) is 0 Å². The van der Waals surface area contributed by atoms with Crippen LogP contribution in [0, 0.1) is 0 Å². The second kappa shape index (κ2) is 8.00. The summed E-state index contributed by atoms with van der Waals surface area (Å²) in [5, 5.41) is 1.89. The molecule has 1 amide bonds. The molecular formula is C26H23ClN2O. The van der Waals surface area contributed by atoms with E-state index in [0.717, 1.165) is 30.5 Å². The monoisotopic (exact) mass is 414 g/mol. The Labute approximate surface area is 181 Å². The molecule has 150 valence electrons. The van der Waals surface area contributed by atoms with E-state index < -0.39 is 0 Å². The number of benzene rings is 3. The maximum Gasteiger partial charge on any atom is 0.223 e. The Hall–Kier alpha value is -3.04. The van der Waals surface area contributed by atoms with Crippen molar-refractivity contribution < 1.29 is 4.79 Å². The van der Waals surface area contributed by atoms with E-state index in [9.17, 15) is 4.79 Å². The second-order valence-corrected chi connectivity index (χ2v) is 8.29. The number of hydrogen-bond acceptors (Lipinski definition) is 1. The number of nitrogens with one attached hydrogen (secondary N) is 1. The Balaban J connectivity index is 1.43. The van der Waals surface area contributed by atoms with Gasteiger partial charge in [0, 0.05) is 35.1 Å². The van der Waals surface area contributed by atoms with Gasteiger partial charge in [-0.25, -0.2) is 0 Å². The minimum Gasteiger partial charge on any atom is -0.361 e. The number of fused-ring (bicyclic) bond motifs is 2. The summed E-state index contributed by atoms with van der Waals surface area (Å²) in [5.41, 5.74) is 5.88. The SMILES string of the molecule is O=C(CCc1c[nH]c2ccccc12)N1CCc2ccccc2C1c1cccc(Cl)c1. The number of aromatic amines is 1. The van der Waals surface area contributed by atoms with Crippen molar-refractivity contribution in [1.82, 2.24) is 9.88 Å². The summed E-state index contributed by atoms with van der Waals surface area (Å²) < 4.78 is 0. The van der Waals surface area contributed by atoms with Crippen LogP contribution < -0.4 is 0 Å². The molecule has 4 heteroatoms. The first-order valence-electron chi connectivity index (χ1n) is 10.4. The van der Waals surface area contributed by atoms with E-state index in [0.29, 0.717) is 11.4 Å². The van der Waals surface area contributed by atoms with Gasteiger partial charge in [0.25, 0.3) is 0 Å². The molecular weight excluding hydrogens is 392 g/mol. The second-order valence-electron chi connectivity index (χ2n) is 7.85. The van der Waals surface area contributed by atoms with E-state index in [2.05, 4.69) is 47.4 Å². The van der Waals surface area contributed by atoms with Crippen LogP contribution in [0.3, 0.4) is 0 Å². The van der Waals surface area contributed by atoms with Crippen LogP contribution in [-0.2, 0) is 17.6 Å². The molecule has 3 aromatic carbocycles. The topological polar surface area (TPSA) is 36.1 Å². The first-order chi connectivity index (χ1) is 14.7. The number of aromatic nitrogens is 1. The van der Waals surface area contributed by atoms with Gasteiger partial charge in [-0.3, -0.25) is 4.79 Å². The van der Waals surface area contributed by atoms with E-state index in [1.54, 1.807) is 0 Å². The van der Waals surface area contributed by atoms with E-state index in [-0.39, 0.29) is 11.9 Å². The Morgan fingerprint density at radius 3 is 2.77 bits per heavy atom. The summed E-state index contributed by atoms with van der Waals surface area (Å²) in [4.78, 5) is 18.7. The fourth-order valence-corrected chi connectivity index (χ4v) is 4.79. The Morgan fingerprint density at radius 1 is 1.03 bits per heavy atom. The van der Waals surface area contributed by atoms with Crippen molar-refractivity contribution in [3.63, 3.8) is 0 Å². The van der Waals surface area contributed by atoms with Gasteiger partial charge in [0.05, 0.1) is 6.04 Å². The minimum absolute atomic E-state index is 0.0934. The van der Waals surface area contributed by atoms with E-state index in [1.165, 1.54) is 22.1 Å². The highest BCUT2D eigenvalue weighted by molar-refractivity contribution is 6.30. The third kappa shape index (κ3) is 3.50. The standard InChI is InChI=1S/C26H23ClN2O/c27-21-8-5-7-19(16-21)26-23-10-2-1-6-18(23)14-15-29(26)25(30)13-12-20-17-28-24-11-4-3-9-22(20)24/h1-11,16-17,26,28H,12-15H2. The number of aryl methyl sites for hydroxylation is 1. The molecule has 0 saturated heterocycles. The molecule has 5 rings (SSSR count). The lowest BCUT2D eigenvalue weighted by Gasteiger charge is -2.38. The van der Waals surface area contributed by atoms with Crippen LogP contribution in [0.5, 0.6) is 0 Å². The Morgan fingerprint density at radius 2 is 1.87 bits per heavy atom. The highest BCUT2D eigenvalue weighted by Gasteiger charge is 2.31. The lowest BCUT2D eigenvalue weighted by Crippen LogP contribution is -2.40. The van der Waals surface area contributed by atoms with E-state index >= 15 is 0 Å². The molecule has 1 aliphatic heterocycles. The molecule has 0 saturated carbocycles. The van der Waals surface area contributed by atoms with Crippen molar-refractivity contribution in [2.45, 2.75) is 25.3 Å². The van der Waals surface area contributed by atoms with Crippen molar-refractivity contribution in [1.29, 1.82) is 0 Å². The molecule has 0 bridgehead atoms. The molecule has 0 spiro atoms. The predicted octanol–water partition coefficient (Wildman–Crippen LogP) is 5.93. The molecule has 1 unspecified atom stereocenters. The molecule has 1 N–H and O–H groups in total. The van der Waals surface area contributed by atoms with E-state index in [4.69, 9.17) is 11.6 Å². The first kappa shape index (κ1) is 19.0. The maximum atomic E-state index is 13.4. The zero-order valence-electron chi connectivity index (χ0n) is 16.6. The van der Waals surface area contributed by atoms with Gasteiger partial charge < -0.3 is 9.88 Å². The lowest BCUT2D eigenvalue weighted by atomic mass is 9.88. The number of carbonyl (C=O) groups excluding carboxylic acids is 1. The largest absolute Gasteiger partial charge is 0.361 e. The normalized spacial score (nSPS) is 15.9. The summed E-state index contributed by atoms with van der Waals surface area (Å²) in [5.74, 6) is 0.180. The van der Waals surface area contributed by atoms with Crippen LogP contribution >= 0.6 is 11.6 Å². The molecule has 1 atom stereocenters. The van der Waals surface area contributed by atoms with Crippen LogP contribution in [-0.4, -0.2) is 22.3 Å². The summed E-state index contributed by atoms with van der Waals surface area (Å²) in [7, 11) is 0. The minimum atomic E-state index is -0.0934. The van der Waals surface area contributed by atoms with Crippen LogP contribution in [0.15, 0.2) is 79.0 Å². The molecule has 0 radical (unpaired) electrons. The molecule has 30 heavy (non-hydrogen) atoms. The van der Waals surface area contributed by atoms with Gasteiger partial charge in [-0.15, -0.1) is 0 Å². The number of amides is 1. The number of nitrogens with zero attached hydrogens (tertiary/aromatic N) is 1. The van der Waals surface area contributed by atoms with Crippen molar-refractivity contribution in [2.75, 3.05) is 6.54 Å². The number of H-pyrrole nitrogens is 1. The van der Waals surface area contributed by atoms with Gasteiger partial charge in [-0.05, 0) is 53.3 Å². The number of halogens is 1. The zero-order valence-corrected chi connectivity index (χ0v) is 17.4. The summed E-state index contributed by atoms with van der Waals surface area (Å²) in [6, 6.07) is 24.5. The van der Waals surface area contributed by atoms with Gasteiger partial charge in [0.15, 0.2) is 0 Å². The molecule has 0 fully saturated rings. The fourth-order valence-electron chi connectivity index (χ4n) is 4.60. The molecule has 1 aliphatic rings. The predicted molar refractivity (Wildman–Crippen MR) is 122 cm³/mol. The number of para-hydroxylation sites is 1. The molecule has 4 aromatic rings. The highest BCUT2D eigenvalue weighted by Crippen LogP contribution is 2.36. The van der Waals surface area contributed by atoms with E-state index in [1.807, 2.05) is 41.4 Å². The first-order valence-corrected chi connectivity index (χ1v) is 10.8. The molecule has 0 aliphatic carbocycles. The highest BCUT2D eigenvalue weighted by atomic mass is 35.5. The van der Waals surface area contributed by atoms with Crippen LogP contribution in [0.4, 0.5) is 0 Å². The average Bonchev–Trinajstić information content (AvgIpc) is 3.20. The summed E-state index contributed by atoms with van der Waals surface area (Å²) >= 11 is 6.30. The van der Waals surface area contributed by atoms with Crippen LogP contribution in [0.2, 0.25) is 5.02 Å². The Bertz CT molecular complexity index is 1210. The average molecular weight is 415 g/mol. The van der Waals surface area contributed by atoms with Gasteiger partial charge >= 0.3 is 0 Å². The smallest absolute Gasteiger partial charge is 0.223 e. The van der Waals surface area contributed by atoms with Gasteiger partial charge in [0.2, 0.25) is 5.91 Å². The van der Waals surface area contributed by atoms with Crippen molar-refractivity contribution in [3.8, 4) is 0 Å². The maximum absolute atomic E-state index is 13.4. The molecule has 2 heterocycles. The number of carbonyl (C=O) groups is 1. The van der Waals surface area contributed by atoms with Crippen LogP contribution in [0.25, 0.3) is 10.9 Å². The van der Waals surface area contributed by atoms with Crippen molar-refractivity contribution in [3.05, 3.63) is 106 Å². The summed E-state index contributed by atoms with van der Waals surface area (Å²) in [6.07, 6.45) is 4.12. The lowest BCUT2D eigenvalue weighted by molar-refractivity contribution is -0.133. The molecule has 3 nitrogen and oxygen atoms in total. The third-order valence-electron chi connectivity index (χ3n) is 6.05. The number of rotatable bonds is 4. The van der Waals surface area contributed by atoms with Gasteiger partial charge in [-0.2, -0.15) is 0 Å². The zero-order chi connectivity index (χ0) is 20.5. The quantitative estimate of drug-likeness (QED) is 0.441. The van der Waals surface area contributed by atoms with Gasteiger partial charge in [-0.1, -0.05) is 66.2 Å². The number of hydrogen-bond donors (Lipinski definition) is 1. The fraction of sp³-hybridized carbons (Fsp3) is 0.192.